The van der Waals surface area contributed by atoms with E-state index in [1.807, 2.05) is 37.6 Å². The molecule has 0 spiro atoms. The lowest BCUT2D eigenvalue weighted by molar-refractivity contribution is 0.0992. The van der Waals surface area contributed by atoms with E-state index in [2.05, 4.69) is 34.4 Å². The zero-order chi connectivity index (χ0) is 17.6. The molecule has 0 saturated carbocycles. The Morgan fingerprint density at radius 1 is 1.24 bits per heavy atom. The molecule has 4 aromatic rings. The lowest BCUT2D eigenvalue weighted by atomic mass is 10.1. The van der Waals surface area contributed by atoms with Gasteiger partial charge in [0.05, 0.1) is 10.2 Å². The van der Waals surface area contributed by atoms with Gasteiger partial charge < -0.3 is 4.57 Å². The first-order chi connectivity index (χ1) is 12.1. The van der Waals surface area contributed by atoms with Crippen molar-refractivity contribution in [2.75, 3.05) is 0 Å². The molecule has 6 heteroatoms. The summed E-state index contributed by atoms with van der Waals surface area (Å²) in [6, 6.07) is 14.2. The lowest BCUT2D eigenvalue weighted by Gasteiger charge is -2.01. The number of nitrogens with zero attached hydrogens (tertiary/aromatic N) is 4. The number of hydrogen-bond acceptors (Lipinski definition) is 3. The highest BCUT2D eigenvalue weighted by molar-refractivity contribution is 7.16. The molecule has 0 aliphatic heterocycles. The van der Waals surface area contributed by atoms with Gasteiger partial charge in [0.25, 0.3) is 5.91 Å². The Labute approximate surface area is 148 Å². The van der Waals surface area contributed by atoms with Gasteiger partial charge in [-0.3, -0.25) is 9.48 Å². The fourth-order valence-electron chi connectivity index (χ4n) is 3.10. The molecule has 2 aromatic carbocycles. The van der Waals surface area contributed by atoms with Crippen molar-refractivity contribution in [3.8, 4) is 0 Å². The molecule has 25 heavy (non-hydrogen) atoms. The summed E-state index contributed by atoms with van der Waals surface area (Å²) in [5, 5.41) is 6.67. The van der Waals surface area contributed by atoms with Crippen molar-refractivity contribution >= 4 is 38.2 Å². The van der Waals surface area contributed by atoms with Crippen LogP contribution in [0.3, 0.4) is 0 Å². The number of carbonyl (C=O) groups excluding carboxylic acids is 1. The quantitative estimate of drug-likeness (QED) is 0.554. The van der Waals surface area contributed by atoms with Gasteiger partial charge in [-0.15, -0.1) is 0 Å². The fourth-order valence-corrected chi connectivity index (χ4v) is 4.14. The van der Waals surface area contributed by atoms with Crippen LogP contribution in [0.1, 0.15) is 23.1 Å². The fraction of sp³-hybridized carbons (Fsp3) is 0.211. The molecule has 0 atom stereocenters. The molecule has 2 heterocycles. The van der Waals surface area contributed by atoms with E-state index in [1.54, 1.807) is 10.7 Å². The van der Waals surface area contributed by atoms with Crippen LogP contribution in [0.25, 0.3) is 21.0 Å². The van der Waals surface area contributed by atoms with Crippen LogP contribution in [0.5, 0.6) is 0 Å². The van der Waals surface area contributed by atoms with Crippen molar-refractivity contribution in [3.05, 3.63) is 58.7 Å². The molecule has 0 fully saturated rings. The number of hydrogen-bond donors (Lipinski definition) is 0. The summed E-state index contributed by atoms with van der Waals surface area (Å²) in [4.78, 5) is 17.5. The standard InChI is InChI=1S/C19H18N4OS/c1-4-23-12(2)11-15(21-23)18(24)20-19-22(3)17-14-8-6-5-7-13(14)9-10-16(17)25-19/h5-11H,4H2,1-3H3. The third-order valence-corrected chi connectivity index (χ3v) is 5.48. The molecule has 0 unspecified atom stereocenters. The molecule has 0 saturated heterocycles. The van der Waals surface area contributed by atoms with Gasteiger partial charge in [-0.1, -0.05) is 41.7 Å². The van der Waals surface area contributed by atoms with E-state index in [-0.39, 0.29) is 5.91 Å². The van der Waals surface area contributed by atoms with Gasteiger partial charge in [-0.05, 0) is 31.4 Å². The van der Waals surface area contributed by atoms with E-state index in [0.717, 1.165) is 22.5 Å². The minimum atomic E-state index is -0.304. The minimum Gasteiger partial charge on any atom is -0.319 e. The molecule has 0 N–H and O–H groups in total. The Balaban J connectivity index is 1.88. The van der Waals surface area contributed by atoms with Gasteiger partial charge in [0.15, 0.2) is 10.5 Å². The average Bonchev–Trinajstić information content (AvgIpc) is 3.15. The summed E-state index contributed by atoms with van der Waals surface area (Å²) in [6.45, 7) is 4.68. The van der Waals surface area contributed by atoms with Crippen molar-refractivity contribution in [1.29, 1.82) is 0 Å². The van der Waals surface area contributed by atoms with Crippen molar-refractivity contribution in [2.45, 2.75) is 20.4 Å². The summed E-state index contributed by atoms with van der Waals surface area (Å²) < 4.78 is 4.91. The maximum Gasteiger partial charge on any atom is 0.300 e. The summed E-state index contributed by atoms with van der Waals surface area (Å²) in [5.74, 6) is -0.304. The molecule has 1 amide bonds. The van der Waals surface area contributed by atoms with Crippen LogP contribution in [0.15, 0.2) is 47.5 Å². The van der Waals surface area contributed by atoms with Crippen molar-refractivity contribution in [1.82, 2.24) is 14.3 Å². The Morgan fingerprint density at radius 3 is 2.80 bits per heavy atom. The predicted octanol–water partition coefficient (Wildman–Crippen LogP) is 3.66. The van der Waals surface area contributed by atoms with Crippen LogP contribution < -0.4 is 4.80 Å². The number of amides is 1. The zero-order valence-corrected chi connectivity index (χ0v) is 15.2. The second kappa shape index (κ2) is 5.97. The smallest absolute Gasteiger partial charge is 0.300 e. The monoisotopic (exact) mass is 350 g/mol. The maximum atomic E-state index is 12.5. The number of benzene rings is 2. The second-order valence-electron chi connectivity index (χ2n) is 5.98. The summed E-state index contributed by atoms with van der Waals surface area (Å²) in [7, 11) is 1.95. The highest BCUT2D eigenvalue weighted by Gasteiger charge is 2.13. The van der Waals surface area contributed by atoms with Gasteiger partial charge in [0.2, 0.25) is 0 Å². The Bertz CT molecular complexity index is 1180. The van der Waals surface area contributed by atoms with E-state index in [0.29, 0.717) is 10.5 Å². The SMILES string of the molecule is CCn1nc(C(=O)N=c2sc3ccc4ccccc4c3n2C)cc1C. The van der Waals surface area contributed by atoms with E-state index < -0.39 is 0 Å². The molecular formula is C19H18N4OS. The Morgan fingerprint density at radius 2 is 2.04 bits per heavy atom. The third kappa shape index (κ3) is 2.59. The molecule has 2 aromatic heterocycles. The molecule has 0 radical (unpaired) electrons. The van der Waals surface area contributed by atoms with Crippen LogP contribution in [-0.2, 0) is 13.6 Å². The summed E-state index contributed by atoms with van der Waals surface area (Å²) in [6.07, 6.45) is 0. The van der Waals surface area contributed by atoms with E-state index in [9.17, 15) is 4.79 Å². The number of carbonyl (C=O) groups is 1. The number of rotatable bonds is 2. The minimum absolute atomic E-state index is 0.304. The van der Waals surface area contributed by atoms with Crippen molar-refractivity contribution in [2.24, 2.45) is 12.0 Å². The van der Waals surface area contributed by atoms with Crippen LogP contribution in [-0.4, -0.2) is 20.3 Å². The second-order valence-corrected chi connectivity index (χ2v) is 6.99. The Hall–Kier alpha value is -2.73. The third-order valence-electron chi connectivity index (χ3n) is 4.38. The van der Waals surface area contributed by atoms with Gasteiger partial charge >= 0.3 is 0 Å². The van der Waals surface area contributed by atoms with Gasteiger partial charge in [-0.2, -0.15) is 10.1 Å². The first-order valence-corrected chi connectivity index (χ1v) is 9.01. The number of aromatic nitrogens is 3. The molecule has 5 nitrogen and oxygen atoms in total. The number of aryl methyl sites for hydroxylation is 3. The topological polar surface area (TPSA) is 52.2 Å². The molecule has 0 aliphatic rings. The maximum absolute atomic E-state index is 12.5. The number of fused-ring (bicyclic) bond motifs is 3. The normalized spacial score (nSPS) is 12.4. The van der Waals surface area contributed by atoms with Crippen LogP contribution >= 0.6 is 11.3 Å². The molecular weight excluding hydrogens is 332 g/mol. The summed E-state index contributed by atoms with van der Waals surface area (Å²) >= 11 is 1.52. The van der Waals surface area contributed by atoms with E-state index in [1.165, 1.54) is 22.1 Å². The molecule has 4 rings (SSSR count). The molecule has 0 bridgehead atoms. The average molecular weight is 350 g/mol. The van der Waals surface area contributed by atoms with Crippen LogP contribution in [0.4, 0.5) is 0 Å². The largest absolute Gasteiger partial charge is 0.319 e. The van der Waals surface area contributed by atoms with Crippen LogP contribution in [0, 0.1) is 6.92 Å². The first kappa shape index (κ1) is 15.8. The van der Waals surface area contributed by atoms with Crippen molar-refractivity contribution in [3.63, 3.8) is 0 Å². The van der Waals surface area contributed by atoms with Gasteiger partial charge in [0, 0.05) is 24.7 Å². The molecule has 0 aliphatic carbocycles. The van der Waals surface area contributed by atoms with Crippen LogP contribution in [0.2, 0.25) is 0 Å². The highest BCUT2D eigenvalue weighted by Crippen LogP contribution is 2.26. The first-order valence-electron chi connectivity index (χ1n) is 8.19. The zero-order valence-electron chi connectivity index (χ0n) is 14.4. The summed E-state index contributed by atoms with van der Waals surface area (Å²) in [5.41, 5.74) is 2.46. The molecule has 126 valence electrons. The Kier molecular flexibility index (Phi) is 3.77. The predicted molar refractivity (Wildman–Crippen MR) is 101 cm³/mol. The number of thiazole rings is 1. The van der Waals surface area contributed by atoms with E-state index in [4.69, 9.17) is 0 Å². The van der Waals surface area contributed by atoms with Gasteiger partial charge in [-0.25, -0.2) is 0 Å². The highest BCUT2D eigenvalue weighted by atomic mass is 32.1. The lowest BCUT2D eigenvalue weighted by Crippen LogP contribution is -2.14. The van der Waals surface area contributed by atoms with E-state index >= 15 is 0 Å². The van der Waals surface area contributed by atoms with Crippen molar-refractivity contribution < 1.29 is 4.79 Å². The van der Waals surface area contributed by atoms with Gasteiger partial charge in [0.1, 0.15) is 0 Å².